The molecule has 0 saturated carbocycles. The predicted molar refractivity (Wildman–Crippen MR) is 114 cm³/mol. The van der Waals surface area contributed by atoms with Crippen LogP contribution in [0.3, 0.4) is 0 Å². The summed E-state index contributed by atoms with van der Waals surface area (Å²) in [6, 6.07) is 7.81. The van der Waals surface area contributed by atoms with E-state index in [-0.39, 0.29) is 29.2 Å². The Morgan fingerprint density at radius 3 is 2.64 bits per heavy atom. The molecule has 0 fully saturated rings. The second-order valence-electron chi connectivity index (χ2n) is 8.50. The maximum atomic E-state index is 13.2. The van der Waals surface area contributed by atoms with Gasteiger partial charge in [-0.15, -0.1) is 0 Å². The van der Waals surface area contributed by atoms with Crippen LogP contribution in [0.5, 0.6) is 0 Å². The lowest BCUT2D eigenvalue weighted by Crippen LogP contribution is -2.43. The van der Waals surface area contributed by atoms with Crippen molar-refractivity contribution >= 4 is 27.7 Å². The first-order valence-electron chi connectivity index (χ1n) is 9.83. The molecule has 2 aliphatic rings. The van der Waals surface area contributed by atoms with E-state index in [0.29, 0.717) is 12.0 Å². The second kappa shape index (κ2) is 7.86. The van der Waals surface area contributed by atoms with Crippen LogP contribution in [0.1, 0.15) is 58.9 Å². The molecule has 1 aliphatic heterocycles. The van der Waals surface area contributed by atoms with Crippen LogP contribution in [0.25, 0.3) is 0 Å². The lowest BCUT2D eigenvalue weighted by molar-refractivity contribution is -0.144. The first-order valence-corrected chi connectivity index (χ1v) is 10.6. The number of fused-ring (bicyclic) bond motifs is 1. The summed E-state index contributed by atoms with van der Waals surface area (Å²) in [5.74, 6) is -0.980. The molecule has 0 radical (unpaired) electrons. The number of nitrogens with one attached hydrogen (secondary N) is 1. The highest BCUT2D eigenvalue weighted by atomic mass is 79.9. The molecular weight excluding hydrogens is 418 g/mol. The summed E-state index contributed by atoms with van der Waals surface area (Å²) in [4.78, 5) is 26.3. The molecule has 3 unspecified atom stereocenters. The maximum absolute atomic E-state index is 13.2. The molecule has 0 spiro atoms. The van der Waals surface area contributed by atoms with Gasteiger partial charge < -0.3 is 10.1 Å². The molecule has 4 nitrogen and oxygen atoms in total. The summed E-state index contributed by atoms with van der Waals surface area (Å²) in [7, 11) is 0. The fourth-order valence-corrected chi connectivity index (χ4v) is 4.66. The van der Waals surface area contributed by atoms with Gasteiger partial charge in [-0.05, 0) is 37.3 Å². The summed E-state index contributed by atoms with van der Waals surface area (Å²) in [5, 5.41) is 3.35. The molecule has 0 bridgehead atoms. The van der Waals surface area contributed by atoms with Gasteiger partial charge in [0, 0.05) is 28.2 Å². The third-order valence-corrected chi connectivity index (χ3v) is 6.30. The Hall–Kier alpha value is -1.88. The van der Waals surface area contributed by atoms with Crippen LogP contribution in [0.15, 0.2) is 51.8 Å². The fraction of sp³-hybridized carbons (Fsp3) is 0.478. The molecule has 150 valence electrons. The SMILES string of the molecule is CCC(C)OC(=O)C1=C(C)NC2=CC(C)(C)CC(=O)C2C1c1ccccc1Br. The number of halogens is 1. The Morgan fingerprint density at radius 2 is 2.00 bits per heavy atom. The van der Waals surface area contributed by atoms with Crippen LogP contribution in [-0.2, 0) is 14.3 Å². The maximum Gasteiger partial charge on any atom is 0.336 e. The molecule has 5 heteroatoms. The molecule has 0 aromatic heterocycles. The number of esters is 1. The highest BCUT2D eigenvalue weighted by Crippen LogP contribution is 2.48. The first kappa shape index (κ1) is 20.8. The molecule has 28 heavy (non-hydrogen) atoms. The highest BCUT2D eigenvalue weighted by Gasteiger charge is 2.46. The van der Waals surface area contributed by atoms with E-state index in [2.05, 4.69) is 41.2 Å². The van der Waals surface area contributed by atoms with Gasteiger partial charge in [0.2, 0.25) is 0 Å². The van der Waals surface area contributed by atoms with E-state index < -0.39 is 5.92 Å². The largest absolute Gasteiger partial charge is 0.459 e. The van der Waals surface area contributed by atoms with Crippen molar-refractivity contribution in [1.82, 2.24) is 5.32 Å². The van der Waals surface area contributed by atoms with Crippen molar-refractivity contribution in [3.05, 3.63) is 57.3 Å². The van der Waals surface area contributed by atoms with Crippen LogP contribution in [0.4, 0.5) is 0 Å². The van der Waals surface area contributed by atoms with Crippen molar-refractivity contribution in [2.24, 2.45) is 11.3 Å². The third-order valence-electron chi connectivity index (χ3n) is 5.58. The van der Waals surface area contributed by atoms with E-state index in [0.717, 1.165) is 27.9 Å². The number of carbonyl (C=O) groups is 2. The van der Waals surface area contributed by atoms with Gasteiger partial charge in [-0.2, -0.15) is 0 Å². The number of benzene rings is 1. The van der Waals surface area contributed by atoms with E-state index in [4.69, 9.17) is 4.74 Å². The van der Waals surface area contributed by atoms with Crippen LogP contribution >= 0.6 is 15.9 Å². The van der Waals surface area contributed by atoms with Crippen molar-refractivity contribution in [1.29, 1.82) is 0 Å². The third kappa shape index (κ3) is 3.95. The monoisotopic (exact) mass is 445 g/mol. The summed E-state index contributed by atoms with van der Waals surface area (Å²) >= 11 is 3.63. The number of carbonyl (C=O) groups excluding carboxylic acids is 2. The van der Waals surface area contributed by atoms with Crippen LogP contribution in [-0.4, -0.2) is 17.9 Å². The molecule has 3 rings (SSSR count). The Bertz CT molecular complexity index is 868. The standard InChI is InChI=1S/C23H28BrNO3/c1-6-13(2)28-22(27)19-14(3)25-17-11-23(4,5)12-18(26)21(17)20(19)15-9-7-8-10-16(15)24/h7-11,13,20-21,25H,6,12H2,1-5H3. The lowest BCUT2D eigenvalue weighted by Gasteiger charge is -2.41. The van der Waals surface area contributed by atoms with E-state index in [1.165, 1.54) is 0 Å². The highest BCUT2D eigenvalue weighted by molar-refractivity contribution is 9.10. The normalized spacial score (nSPS) is 24.8. The zero-order valence-electron chi connectivity index (χ0n) is 17.1. The minimum atomic E-state index is -0.407. The van der Waals surface area contributed by atoms with Gasteiger partial charge in [0.25, 0.3) is 0 Å². The van der Waals surface area contributed by atoms with E-state index in [1.807, 2.05) is 45.0 Å². The molecule has 0 saturated heterocycles. The van der Waals surface area contributed by atoms with Crippen molar-refractivity contribution < 1.29 is 14.3 Å². The number of hydrogen-bond acceptors (Lipinski definition) is 4. The second-order valence-corrected chi connectivity index (χ2v) is 9.35. The first-order chi connectivity index (χ1) is 13.1. The topological polar surface area (TPSA) is 55.4 Å². The van der Waals surface area contributed by atoms with Crippen molar-refractivity contribution in [3.8, 4) is 0 Å². The number of hydrogen-bond donors (Lipinski definition) is 1. The molecule has 1 heterocycles. The zero-order valence-corrected chi connectivity index (χ0v) is 18.7. The Kier molecular flexibility index (Phi) is 5.85. The van der Waals surface area contributed by atoms with Gasteiger partial charge in [-0.1, -0.05) is 61.0 Å². The summed E-state index contributed by atoms with van der Waals surface area (Å²) < 4.78 is 6.56. The smallest absolute Gasteiger partial charge is 0.336 e. The van der Waals surface area contributed by atoms with Crippen molar-refractivity contribution in [2.75, 3.05) is 0 Å². The van der Waals surface area contributed by atoms with Crippen molar-refractivity contribution in [2.45, 2.75) is 59.5 Å². The fourth-order valence-electron chi connectivity index (χ4n) is 4.13. The molecular formula is C23H28BrNO3. The van der Waals surface area contributed by atoms with E-state index in [1.54, 1.807) is 0 Å². The number of allylic oxidation sites excluding steroid dienone is 3. The minimum absolute atomic E-state index is 0.150. The average molecular weight is 446 g/mol. The van der Waals surface area contributed by atoms with Crippen LogP contribution in [0, 0.1) is 11.3 Å². The number of ketones is 1. The average Bonchev–Trinajstić information content (AvgIpc) is 2.59. The Labute approximate surface area is 175 Å². The minimum Gasteiger partial charge on any atom is -0.459 e. The summed E-state index contributed by atoms with van der Waals surface area (Å²) in [6.07, 6.45) is 3.16. The number of ether oxygens (including phenoxy) is 1. The van der Waals surface area contributed by atoms with Gasteiger partial charge in [0.1, 0.15) is 5.78 Å². The Morgan fingerprint density at radius 1 is 1.32 bits per heavy atom. The molecule has 3 atom stereocenters. The number of Topliss-reactive ketones (excluding diaryl/α,β-unsaturated/α-hetero) is 1. The lowest BCUT2D eigenvalue weighted by atomic mass is 9.66. The van der Waals surface area contributed by atoms with Gasteiger partial charge in [-0.3, -0.25) is 4.79 Å². The van der Waals surface area contributed by atoms with E-state index >= 15 is 0 Å². The van der Waals surface area contributed by atoms with Crippen molar-refractivity contribution in [3.63, 3.8) is 0 Å². The van der Waals surface area contributed by atoms with E-state index in [9.17, 15) is 9.59 Å². The van der Waals surface area contributed by atoms with Gasteiger partial charge in [0.05, 0.1) is 17.6 Å². The molecule has 1 aromatic rings. The summed E-state index contributed by atoms with van der Waals surface area (Å²) in [5.41, 5.74) is 2.91. The van der Waals surface area contributed by atoms with Gasteiger partial charge >= 0.3 is 5.97 Å². The van der Waals surface area contributed by atoms with Crippen LogP contribution < -0.4 is 5.32 Å². The molecule has 1 aliphatic carbocycles. The predicted octanol–water partition coefficient (Wildman–Crippen LogP) is 5.25. The number of rotatable bonds is 4. The van der Waals surface area contributed by atoms with Crippen LogP contribution in [0.2, 0.25) is 0 Å². The summed E-state index contributed by atoms with van der Waals surface area (Å²) in [6.45, 7) is 9.89. The Balaban J connectivity index is 2.18. The van der Waals surface area contributed by atoms with Gasteiger partial charge in [-0.25, -0.2) is 4.79 Å². The zero-order chi connectivity index (χ0) is 20.6. The molecule has 1 N–H and O–H groups in total. The quantitative estimate of drug-likeness (QED) is 0.642. The molecule has 0 amide bonds. The molecule has 1 aromatic carbocycles. The van der Waals surface area contributed by atoms with Gasteiger partial charge in [0.15, 0.2) is 0 Å².